The first kappa shape index (κ1) is 11.4. The predicted octanol–water partition coefficient (Wildman–Crippen LogP) is 3.62. The molecule has 0 N–H and O–H groups in total. The Morgan fingerprint density at radius 1 is 1.31 bits per heavy atom. The summed E-state index contributed by atoms with van der Waals surface area (Å²) in [7, 11) is 6.11. The monoisotopic (exact) mass is 209 g/mol. The molecule has 1 radical (unpaired) electrons. The van der Waals surface area contributed by atoms with Crippen LogP contribution < -0.4 is 0 Å². The summed E-state index contributed by atoms with van der Waals surface area (Å²) in [6, 6.07) is 10.5. The van der Waals surface area contributed by atoms with Crippen molar-refractivity contribution in [2.45, 2.75) is 32.6 Å². The van der Waals surface area contributed by atoms with Crippen LogP contribution in [0, 0.1) is 5.92 Å². The van der Waals surface area contributed by atoms with Gasteiger partial charge < -0.3 is 0 Å². The first-order chi connectivity index (χ1) is 7.79. The number of benzene rings is 1. The molecule has 1 aromatic rings. The van der Waals surface area contributed by atoms with Crippen LogP contribution in [0.2, 0.25) is 0 Å². The van der Waals surface area contributed by atoms with Gasteiger partial charge in [-0.05, 0) is 0 Å². The molecule has 2 rings (SSSR count). The molecule has 1 fully saturated rings. The summed E-state index contributed by atoms with van der Waals surface area (Å²) < 4.78 is 0. The maximum absolute atomic E-state index is 6.11. The van der Waals surface area contributed by atoms with Gasteiger partial charge in [0.2, 0.25) is 0 Å². The van der Waals surface area contributed by atoms with Gasteiger partial charge >= 0.3 is 99.0 Å². The van der Waals surface area contributed by atoms with Crippen molar-refractivity contribution in [1.29, 1.82) is 0 Å². The molecule has 1 aliphatic rings. The molecule has 0 spiro atoms. The van der Waals surface area contributed by atoms with E-state index in [1.807, 2.05) is 0 Å². The minimum atomic E-state index is 0.646. The number of rotatable bonds is 2. The van der Waals surface area contributed by atoms with Gasteiger partial charge in [0, 0.05) is 0 Å². The molecule has 1 heteroatoms. The number of hydrogen-bond acceptors (Lipinski definition) is 0. The van der Waals surface area contributed by atoms with Crippen molar-refractivity contribution in [3.05, 3.63) is 41.5 Å². The Morgan fingerprint density at radius 2 is 2.06 bits per heavy atom. The standard InChI is InChI=1S/C15H18B/c1-2-14-9-8-13(11-15(14)16)10-12-6-4-3-5-7-12/h3-7,10,14H,2,8-9,11H2,1H3/b13-10+. The van der Waals surface area contributed by atoms with E-state index >= 15 is 0 Å². The van der Waals surface area contributed by atoms with Crippen molar-refractivity contribution in [3.8, 4) is 0 Å². The molecule has 1 aliphatic carbocycles. The molecule has 81 valence electrons. The van der Waals surface area contributed by atoms with E-state index in [4.69, 9.17) is 7.49 Å². The second-order valence-corrected chi connectivity index (χ2v) is 4.61. The van der Waals surface area contributed by atoms with E-state index in [9.17, 15) is 0 Å². The molecule has 1 aromatic carbocycles. The van der Waals surface area contributed by atoms with Crippen LogP contribution in [0.1, 0.15) is 38.2 Å². The quantitative estimate of drug-likeness (QED) is 0.652. The van der Waals surface area contributed by atoms with Gasteiger partial charge in [0.05, 0.1) is 0 Å². The van der Waals surface area contributed by atoms with E-state index in [0.29, 0.717) is 5.92 Å². The Kier molecular flexibility index (Phi) is 3.76. The van der Waals surface area contributed by atoms with Gasteiger partial charge in [-0.15, -0.1) is 0 Å². The Hall–Kier alpha value is -1.11. The fourth-order valence-corrected chi connectivity index (χ4v) is 2.41. The molecule has 0 saturated heterocycles. The van der Waals surface area contributed by atoms with Gasteiger partial charge in [-0.2, -0.15) is 0 Å². The second-order valence-electron chi connectivity index (χ2n) is 4.61. The summed E-state index contributed by atoms with van der Waals surface area (Å²) >= 11 is 0. The van der Waals surface area contributed by atoms with Gasteiger partial charge in [-0.3, -0.25) is 0 Å². The topological polar surface area (TPSA) is 0 Å². The Labute approximate surface area is 99.5 Å². The van der Waals surface area contributed by atoms with Crippen molar-refractivity contribution in [2.75, 3.05) is 0 Å². The van der Waals surface area contributed by atoms with Gasteiger partial charge in [-0.25, -0.2) is 0 Å². The molecule has 1 atom stereocenters. The van der Waals surface area contributed by atoms with E-state index < -0.39 is 0 Å². The SMILES string of the molecule is [B]=C1C/C(=C/c2ccccc2)CCC1CC. The normalized spacial score (nSPS) is 23.6. The fraction of sp³-hybridized carbons (Fsp3) is 0.400. The Balaban J connectivity index is 2.08. The van der Waals surface area contributed by atoms with Crippen LogP contribution in [0.15, 0.2) is 35.9 Å². The van der Waals surface area contributed by atoms with Gasteiger partial charge in [0.1, 0.15) is 0 Å². The molecule has 1 saturated carbocycles. The van der Waals surface area contributed by atoms with E-state index in [2.05, 4.69) is 43.3 Å². The summed E-state index contributed by atoms with van der Waals surface area (Å²) in [5.74, 6) is 0.646. The van der Waals surface area contributed by atoms with Crippen molar-refractivity contribution in [2.24, 2.45) is 5.92 Å². The average molecular weight is 209 g/mol. The van der Waals surface area contributed by atoms with E-state index in [1.54, 1.807) is 0 Å². The van der Waals surface area contributed by atoms with Crippen LogP contribution in [0.5, 0.6) is 0 Å². The zero-order valence-electron chi connectivity index (χ0n) is 9.95. The molecule has 0 nitrogen and oxygen atoms in total. The van der Waals surface area contributed by atoms with Crippen molar-refractivity contribution in [3.63, 3.8) is 0 Å². The molecule has 0 bridgehead atoms. The Bertz CT molecular complexity index is 389. The average Bonchev–Trinajstić information content (AvgIpc) is 2.31. The van der Waals surface area contributed by atoms with Crippen molar-refractivity contribution >= 4 is 19.0 Å². The number of hydrogen-bond donors (Lipinski definition) is 0. The first-order valence-corrected chi connectivity index (χ1v) is 6.15. The fourth-order valence-electron chi connectivity index (χ4n) is 2.41. The van der Waals surface area contributed by atoms with Crippen LogP contribution in [0.4, 0.5) is 0 Å². The molecule has 0 heterocycles. The molecule has 0 aromatic heterocycles. The molecule has 16 heavy (non-hydrogen) atoms. The molecule has 0 aliphatic heterocycles. The predicted molar refractivity (Wildman–Crippen MR) is 72.8 cm³/mol. The minimum absolute atomic E-state index is 0.646. The second kappa shape index (κ2) is 5.29. The first-order valence-electron chi connectivity index (χ1n) is 6.15. The zero-order chi connectivity index (χ0) is 11.4. The van der Waals surface area contributed by atoms with Crippen molar-refractivity contribution in [1.82, 2.24) is 0 Å². The van der Waals surface area contributed by atoms with Crippen LogP contribution >= 0.6 is 0 Å². The maximum atomic E-state index is 6.11. The summed E-state index contributed by atoms with van der Waals surface area (Å²) in [5.41, 5.74) is 3.95. The molecule has 0 amide bonds. The Morgan fingerprint density at radius 3 is 2.69 bits per heavy atom. The van der Waals surface area contributed by atoms with Crippen molar-refractivity contribution < 1.29 is 0 Å². The summed E-state index contributed by atoms with van der Waals surface area (Å²) in [6.07, 6.45) is 6.89. The summed E-state index contributed by atoms with van der Waals surface area (Å²) in [6.45, 7) is 2.23. The van der Waals surface area contributed by atoms with Crippen LogP contribution in [-0.4, -0.2) is 13.0 Å². The van der Waals surface area contributed by atoms with E-state index in [-0.39, 0.29) is 0 Å². The van der Waals surface area contributed by atoms with Gasteiger partial charge in [0.15, 0.2) is 0 Å². The number of allylic oxidation sites excluding steroid dienone is 1. The molecular weight excluding hydrogens is 191 g/mol. The summed E-state index contributed by atoms with van der Waals surface area (Å²) in [5, 5.41) is 0. The third-order valence-corrected chi connectivity index (χ3v) is 3.43. The molecular formula is C15H18B. The molecule has 1 unspecified atom stereocenters. The third kappa shape index (κ3) is 2.72. The third-order valence-electron chi connectivity index (χ3n) is 3.43. The van der Waals surface area contributed by atoms with Gasteiger partial charge in [-0.1, -0.05) is 0 Å². The van der Waals surface area contributed by atoms with E-state index in [0.717, 1.165) is 6.42 Å². The zero-order valence-corrected chi connectivity index (χ0v) is 9.95. The van der Waals surface area contributed by atoms with E-state index in [1.165, 1.54) is 35.9 Å². The van der Waals surface area contributed by atoms with Gasteiger partial charge in [0.25, 0.3) is 0 Å². The van der Waals surface area contributed by atoms with Crippen LogP contribution in [0.25, 0.3) is 6.08 Å². The summed E-state index contributed by atoms with van der Waals surface area (Å²) in [4.78, 5) is 0. The van der Waals surface area contributed by atoms with Crippen LogP contribution in [-0.2, 0) is 0 Å². The van der Waals surface area contributed by atoms with Crippen LogP contribution in [0.3, 0.4) is 0 Å².